The van der Waals surface area contributed by atoms with Crippen molar-refractivity contribution in [1.29, 1.82) is 0 Å². The van der Waals surface area contributed by atoms with Gasteiger partial charge in [0.05, 0.1) is 34.9 Å². The van der Waals surface area contributed by atoms with Crippen LogP contribution in [0, 0.1) is 5.92 Å². The highest BCUT2D eigenvalue weighted by atomic mass is 16.6. The Bertz CT molecular complexity index is 1990. The van der Waals surface area contributed by atoms with E-state index in [0.717, 1.165) is 48.6 Å². The molecule has 2 aliphatic rings. The summed E-state index contributed by atoms with van der Waals surface area (Å²) in [6.45, 7) is 5.64. The number of primary amides is 1. The van der Waals surface area contributed by atoms with E-state index in [0.29, 0.717) is 29.7 Å². The highest BCUT2D eigenvalue weighted by Gasteiger charge is 2.51. The van der Waals surface area contributed by atoms with Crippen LogP contribution in [0.25, 0.3) is 22.3 Å². The Morgan fingerprint density at radius 2 is 1.83 bits per heavy atom. The molecule has 0 unspecified atom stereocenters. The van der Waals surface area contributed by atoms with Gasteiger partial charge in [-0.3, -0.25) is 19.2 Å². The SMILES string of the molecule is CCCCCCCC(=O)C[C@H](CC(N)=O)C(=O)NCCN(C)C(=O)O[C@]1(CC)C(=O)OCc2c1cc1n(c2=O)Cc2c-1nc1ccc(O)cc1c2CC. The topological polar surface area (TPSA) is 200 Å². The molecule has 3 amide bonds. The van der Waals surface area contributed by atoms with Crippen LogP contribution in [0.15, 0.2) is 29.1 Å². The number of benzene rings is 1. The Balaban J connectivity index is 1.31. The average Bonchev–Trinajstić information content (AvgIpc) is 3.49. The lowest BCUT2D eigenvalue weighted by Crippen LogP contribution is -2.49. The molecule has 284 valence electrons. The second-order valence-electron chi connectivity index (χ2n) is 13.9. The number of esters is 1. The number of phenols is 1. The maximum Gasteiger partial charge on any atom is 0.411 e. The zero-order valence-corrected chi connectivity index (χ0v) is 30.9. The second-order valence-corrected chi connectivity index (χ2v) is 13.9. The van der Waals surface area contributed by atoms with Crippen molar-refractivity contribution in [3.8, 4) is 17.1 Å². The third-order valence-corrected chi connectivity index (χ3v) is 10.3. The van der Waals surface area contributed by atoms with Crippen molar-refractivity contribution < 1.29 is 38.6 Å². The smallest absolute Gasteiger partial charge is 0.411 e. The molecule has 0 saturated carbocycles. The summed E-state index contributed by atoms with van der Waals surface area (Å²) in [5.74, 6) is -2.97. The van der Waals surface area contributed by atoms with E-state index in [1.165, 1.54) is 11.9 Å². The molecule has 4 heterocycles. The second kappa shape index (κ2) is 16.6. The molecule has 4 N–H and O–H groups in total. The van der Waals surface area contributed by atoms with E-state index in [9.17, 15) is 33.9 Å². The van der Waals surface area contributed by atoms with Gasteiger partial charge in [0, 0.05) is 55.9 Å². The zero-order chi connectivity index (χ0) is 38.4. The van der Waals surface area contributed by atoms with Crippen LogP contribution in [0.3, 0.4) is 0 Å². The lowest BCUT2D eigenvalue weighted by molar-refractivity contribution is -0.173. The van der Waals surface area contributed by atoms with Crippen molar-refractivity contribution in [2.75, 3.05) is 20.1 Å². The van der Waals surface area contributed by atoms with Crippen molar-refractivity contribution in [1.82, 2.24) is 19.8 Å². The number of nitrogens with two attached hydrogens (primary N) is 1. The number of carbonyl (C=O) groups is 5. The van der Waals surface area contributed by atoms with Gasteiger partial charge in [-0.2, -0.15) is 0 Å². The predicted molar refractivity (Wildman–Crippen MR) is 196 cm³/mol. The van der Waals surface area contributed by atoms with E-state index >= 15 is 0 Å². The normalized spacial score (nSPS) is 16.3. The number of aromatic nitrogens is 2. The van der Waals surface area contributed by atoms with E-state index in [1.807, 2.05) is 6.92 Å². The van der Waals surface area contributed by atoms with Crippen LogP contribution in [0.2, 0.25) is 0 Å². The quantitative estimate of drug-likeness (QED) is 0.104. The van der Waals surface area contributed by atoms with E-state index in [2.05, 4.69) is 12.2 Å². The molecule has 0 radical (unpaired) electrons. The minimum atomic E-state index is -1.93. The molecule has 0 bridgehead atoms. The molecule has 0 saturated heterocycles. The average molecular weight is 732 g/mol. The fourth-order valence-corrected chi connectivity index (χ4v) is 7.32. The number of ether oxygens (including phenoxy) is 2. The fourth-order valence-electron chi connectivity index (χ4n) is 7.32. The zero-order valence-electron chi connectivity index (χ0n) is 30.9. The van der Waals surface area contributed by atoms with Crippen LogP contribution < -0.4 is 16.6 Å². The molecule has 2 aliphatic heterocycles. The van der Waals surface area contributed by atoms with Crippen molar-refractivity contribution >= 4 is 40.6 Å². The molecule has 0 spiro atoms. The van der Waals surface area contributed by atoms with E-state index < -0.39 is 35.4 Å². The lowest BCUT2D eigenvalue weighted by atomic mass is 9.85. The van der Waals surface area contributed by atoms with E-state index in [4.69, 9.17) is 20.2 Å². The number of aromatic hydroxyl groups is 1. The third-order valence-electron chi connectivity index (χ3n) is 10.3. The van der Waals surface area contributed by atoms with E-state index in [-0.39, 0.29) is 73.7 Å². The number of pyridine rings is 2. The first-order chi connectivity index (χ1) is 25.3. The van der Waals surface area contributed by atoms with Crippen molar-refractivity contribution in [2.24, 2.45) is 11.7 Å². The number of ketones is 1. The highest BCUT2D eigenvalue weighted by molar-refractivity contribution is 5.91. The number of rotatable bonds is 17. The molecule has 14 nitrogen and oxygen atoms in total. The number of aryl methyl sites for hydroxylation is 1. The molecule has 5 rings (SSSR count). The van der Waals surface area contributed by atoms with Gasteiger partial charge in [0.1, 0.15) is 18.1 Å². The number of nitrogens with zero attached hydrogens (tertiary/aromatic N) is 3. The Hall–Kier alpha value is -5.27. The minimum absolute atomic E-state index is 0.0308. The van der Waals surface area contributed by atoms with Gasteiger partial charge in [0.15, 0.2) is 0 Å². The maximum atomic E-state index is 14.0. The summed E-state index contributed by atoms with van der Waals surface area (Å²) < 4.78 is 13.0. The largest absolute Gasteiger partial charge is 0.508 e. The summed E-state index contributed by atoms with van der Waals surface area (Å²) >= 11 is 0. The molecule has 0 fully saturated rings. The Morgan fingerprint density at radius 1 is 1.08 bits per heavy atom. The number of fused-ring (bicyclic) bond motifs is 5. The molecule has 0 aliphatic carbocycles. The van der Waals surface area contributed by atoms with Gasteiger partial charge < -0.3 is 35.1 Å². The van der Waals surface area contributed by atoms with Gasteiger partial charge in [-0.1, -0.05) is 46.5 Å². The van der Waals surface area contributed by atoms with Gasteiger partial charge in [-0.05, 0) is 49.1 Å². The Kier molecular flexibility index (Phi) is 12.2. The summed E-state index contributed by atoms with van der Waals surface area (Å²) in [7, 11) is 1.43. The standard InChI is InChI=1S/C39H49N5O9/c1-5-8-9-10-11-12-24(45)17-23(18-33(40)47)35(48)41-15-16-43(4)38(51)53-39(7-3)30-20-32-34-28(21-44(32)36(49)29(30)22-52-37(39)50)26(6-2)27-19-25(46)13-14-31(27)42-34/h13-14,19-20,23,46H,5-12,15-18,21-22H2,1-4H3,(H2,40,47)(H,41,48)/t23-,39+/m1/s1. The van der Waals surface area contributed by atoms with Crippen LogP contribution in [0.5, 0.6) is 5.75 Å². The number of hydrogen-bond acceptors (Lipinski definition) is 10. The molecule has 2 atom stereocenters. The monoisotopic (exact) mass is 731 g/mol. The van der Waals surface area contributed by atoms with Crippen LogP contribution in [0.4, 0.5) is 4.79 Å². The fraction of sp³-hybridized carbons (Fsp3) is 0.513. The van der Waals surface area contributed by atoms with E-state index in [1.54, 1.807) is 35.8 Å². The van der Waals surface area contributed by atoms with Crippen molar-refractivity contribution in [3.63, 3.8) is 0 Å². The Morgan fingerprint density at radius 3 is 2.53 bits per heavy atom. The van der Waals surface area contributed by atoms with Gasteiger partial charge in [-0.25, -0.2) is 14.6 Å². The van der Waals surface area contributed by atoms with Crippen LogP contribution >= 0.6 is 0 Å². The van der Waals surface area contributed by atoms with Crippen LogP contribution in [-0.2, 0) is 53.8 Å². The number of cyclic esters (lactones) is 1. The number of Topliss-reactive ketones (excluding diaryl/α,β-unsaturated/α-hetero) is 1. The van der Waals surface area contributed by atoms with Gasteiger partial charge >= 0.3 is 12.1 Å². The highest BCUT2D eigenvalue weighted by Crippen LogP contribution is 2.42. The Labute approximate surface area is 308 Å². The number of amides is 3. The van der Waals surface area contributed by atoms with Crippen molar-refractivity contribution in [3.05, 3.63) is 56.9 Å². The third kappa shape index (κ3) is 8.06. The predicted octanol–water partition coefficient (Wildman–Crippen LogP) is 4.35. The van der Waals surface area contributed by atoms with Gasteiger partial charge in [0.2, 0.25) is 17.4 Å². The number of likely N-dealkylation sites (N-methyl/N-ethyl adjacent to an activating group) is 1. The minimum Gasteiger partial charge on any atom is -0.508 e. The summed E-state index contributed by atoms with van der Waals surface area (Å²) in [5.41, 5.74) is 6.96. The van der Waals surface area contributed by atoms with Crippen LogP contribution in [-0.4, -0.2) is 69.4 Å². The van der Waals surface area contributed by atoms with Crippen LogP contribution in [0.1, 0.15) is 101 Å². The first-order valence-corrected chi connectivity index (χ1v) is 18.5. The molecule has 3 aromatic rings. The molecule has 1 aromatic carbocycles. The van der Waals surface area contributed by atoms with Gasteiger partial charge in [-0.15, -0.1) is 0 Å². The summed E-state index contributed by atoms with van der Waals surface area (Å²) in [6, 6.07) is 6.61. The van der Waals surface area contributed by atoms with Gasteiger partial charge in [0.25, 0.3) is 5.56 Å². The summed E-state index contributed by atoms with van der Waals surface area (Å²) in [5, 5.41) is 13.6. The van der Waals surface area contributed by atoms with Crippen molar-refractivity contribution in [2.45, 2.75) is 104 Å². The maximum absolute atomic E-state index is 14.0. The number of hydrogen-bond donors (Lipinski definition) is 3. The first kappa shape index (κ1) is 38.9. The molecule has 53 heavy (non-hydrogen) atoms. The summed E-state index contributed by atoms with van der Waals surface area (Å²) in [4.78, 5) is 84.3. The number of nitrogens with one attached hydrogen (secondary N) is 1. The molecular weight excluding hydrogens is 682 g/mol. The number of unbranched alkanes of at least 4 members (excludes halogenated alkanes) is 4. The first-order valence-electron chi connectivity index (χ1n) is 18.5. The molecule has 14 heteroatoms. The number of carbonyl (C=O) groups excluding carboxylic acids is 5. The number of phenolic OH excluding ortho intramolecular Hbond substituents is 1. The lowest BCUT2D eigenvalue weighted by Gasteiger charge is -2.36. The molecule has 2 aromatic heterocycles. The summed E-state index contributed by atoms with van der Waals surface area (Å²) in [6.07, 6.45) is 4.50. The molecular formula is C39H49N5O9.